The Kier molecular flexibility index (Phi) is 9.81. The first-order chi connectivity index (χ1) is 14.9. The number of carbonyl (C=O) groups is 2. The van der Waals surface area contributed by atoms with Crippen LogP contribution >= 0.6 is 0 Å². The van der Waals surface area contributed by atoms with E-state index in [0.717, 1.165) is 19.3 Å². The zero-order chi connectivity index (χ0) is 22.6. The molecular formula is C24H30O7. The Bertz CT molecular complexity index is 958. The first-order valence-electron chi connectivity index (χ1n) is 10.7. The highest BCUT2D eigenvalue weighted by molar-refractivity contribution is 5.90. The average Bonchev–Trinajstić information content (AvgIpc) is 2.73. The molecule has 0 N–H and O–H groups in total. The Hall–Kier alpha value is -3.09. The molecule has 0 saturated carbocycles. The summed E-state index contributed by atoms with van der Waals surface area (Å²) in [6.07, 6.45) is 8.16. The topological polar surface area (TPSA) is 92.0 Å². The van der Waals surface area contributed by atoms with Crippen LogP contribution in [0.25, 0.3) is 11.0 Å². The summed E-state index contributed by atoms with van der Waals surface area (Å²) in [5, 5.41) is 0.501. The van der Waals surface area contributed by atoms with E-state index in [1.54, 1.807) is 0 Å². The number of unbranched alkanes of at least 4 members (excludes halogenated alkanes) is 7. The second-order valence-corrected chi connectivity index (χ2v) is 7.44. The highest BCUT2D eigenvalue weighted by Crippen LogP contribution is 2.33. The minimum Gasteiger partial charge on any atom is -0.434 e. The Morgan fingerprint density at radius 1 is 0.935 bits per heavy atom. The predicted octanol–water partition coefficient (Wildman–Crippen LogP) is 5.93. The van der Waals surface area contributed by atoms with Gasteiger partial charge < -0.3 is 18.6 Å². The van der Waals surface area contributed by atoms with Gasteiger partial charge in [0.25, 0.3) is 0 Å². The zero-order valence-corrected chi connectivity index (χ0v) is 18.2. The molecule has 0 radical (unpaired) electrons. The second kappa shape index (κ2) is 12.6. The molecule has 0 amide bonds. The fourth-order valence-electron chi connectivity index (χ4n) is 2.93. The van der Waals surface area contributed by atoms with Gasteiger partial charge in [-0.2, -0.15) is 0 Å². The molecule has 2 aromatic rings. The Morgan fingerprint density at radius 3 is 2.26 bits per heavy atom. The monoisotopic (exact) mass is 430 g/mol. The van der Waals surface area contributed by atoms with E-state index in [2.05, 4.69) is 13.5 Å². The van der Waals surface area contributed by atoms with E-state index < -0.39 is 17.8 Å². The summed E-state index contributed by atoms with van der Waals surface area (Å²) in [6.45, 7) is 7.45. The van der Waals surface area contributed by atoms with Crippen molar-refractivity contribution in [3.05, 3.63) is 46.8 Å². The summed E-state index contributed by atoms with van der Waals surface area (Å²) in [7, 11) is 0. The molecule has 7 nitrogen and oxygen atoms in total. The van der Waals surface area contributed by atoms with Crippen molar-refractivity contribution >= 4 is 23.1 Å². The van der Waals surface area contributed by atoms with Crippen molar-refractivity contribution in [2.24, 2.45) is 0 Å². The molecular weight excluding hydrogens is 400 g/mol. The van der Waals surface area contributed by atoms with Gasteiger partial charge in [-0.05, 0) is 25.5 Å². The number of hydrogen-bond acceptors (Lipinski definition) is 7. The Balaban J connectivity index is 1.93. The quantitative estimate of drug-likeness (QED) is 0.103. The van der Waals surface area contributed by atoms with E-state index in [1.807, 2.05) is 0 Å². The van der Waals surface area contributed by atoms with Crippen molar-refractivity contribution in [2.45, 2.75) is 65.2 Å². The van der Waals surface area contributed by atoms with E-state index in [9.17, 15) is 14.4 Å². The molecule has 0 aliphatic carbocycles. The smallest absolute Gasteiger partial charge is 0.434 e. The lowest BCUT2D eigenvalue weighted by Gasteiger charge is -2.11. The SMILES string of the molecule is C=C(C)C(=O)Oc1cc2oc(=O)ccc2cc1OC(=O)OCCCCCCCCCC. The summed E-state index contributed by atoms with van der Waals surface area (Å²) in [6, 6.07) is 5.52. The average molecular weight is 430 g/mol. The lowest BCUT2D eigenvalue weighted by molar-refractivity contribution is -0.130. The lowest BCUT2D eigenvalue weighted by Crippen LogP contribution is -2.14. The molecule has 2 rings (SSSR count). The number of benzene rings is 1. The summed E-state index contributed by atoms with van der Waals surface area (Å²) >= 11 is 0. The highest BCUT2D eigenvalue weighted by atomic mass is 16.7. The first kappa shape index (κ1) is 24.2. The van der Waals surface area contributed by atoms with Crippen LogP contribution in [-0.2, 0) is 9.53 Å². The van der Waals surface area contributed by atoms with Crippen LogP contribution in [0.4, 0.5) is 4.79 Å². The van der Waals surface area contributed by atoms with Gasteiger partial charge in [0.15, 0.2) is 11.5 Å². The van der Waals surface area contributed by atoms with Crippen LogP contribution in [0.2, 0.25) is 0 Å². The van der Waals surface area contributed by atoms with Gasteiger partial charge in [0.2, 0.25) is 0 Å². The van der Waals surface area contributed by atoms with Gasteiger partial charge in [-0.3, -0.25) is 0 Å². The summed E-state index contributed by atoms with van der Waals surface area (Å²) in [5.41, 5.74) is -0.197. The maximum Gasteiger partial charge on any atom is 0.513 e. The van der Waals surface area contributed by atoms with Crippen molar-refractivity contribution < 1.29 is 28.2 Å². The standard InChI is InChI=1S/C24H30O7/c1-4-5-6-7-8-9-10-11-14-28-24(27)31-20-15-18-12-13-22(25)29-19(18)16-21(20)30-23(26)17(2)3/h12-13,15-16H,2,4-11,14H2,1,3H3. The maximum absolute atomic E-state index is 12.1. The van der Waals surface area contributed by atoms with Crippen LogP contribution in [0.1, 0.15) is 65.2 Å². The van der Waals surface area contributed by atoms with Crippen LogP contribution in [0.5, 0.6) is 11.5 Å². The minimum absolute atomic E-state index is 0.0168. The van der Waals surface area contributed by atoms with Gasteiger partial charge in [-0.1, -0.05) is 58.4 Å². The number of hydrogen-bond donors (Lipinski definition) is 0. The molecule has 0 aliphatic heterocycles. The predicted molar refractivity (Wildman–Crippen MR) is 118 cm³/mol. The van der Waals surface area contributed by atoms with Crippen molar-refractivity contribution in [1.82, 2.24) is 0 Å². The highest BCUT2D eigenvalue weighted by Gasteiger charge is 2.17. The van der Waals surface area contributed by atoms with E-state index >= 15 is 0 Å². The van der Waals surface area contributed by atoms with Crippen molar-refractivity contribution in [2.75, 3.05) is 6.61 Å². The molecule has 0 fully saturated rings. The van der Waals surface area contributed by atoms with Crippen LogP contribution < -0.4 is 15.1 Å². The third kappa shape index (κ3) is 8.28. The van der Waals surface area contributed by atoms with Gasteiger partial charge in [0, 0.05) is 23.1 Å². The zero-order valence-electron chi connectivity index (χ0n) is 18.2. The third-order valence-electron chi connectivity index (χ3n) is 4.65. The van der Waals surface area contributed by atoms with Gasteiger partial charge in [-0.15, -0.1) is 0 Å². The number of carbonyl (C=O) groups excluding carboxylic acids is 2. The third-order valence-corrected chi connectivity index (χ3v) is 4.65. The summed E-state index contributed by atoms with van der Waals surface area (Å²) in [5.74, 6) is -0.787. The van der Waals surface area contributed by atoms with Crippen LogP contribution in [0, 0.1) is 0 Å². The normalized spacial score (nSPS) is 10.6. The molecule has 0 atom stereocenters. The fraction of sp³-hybridized carbons (Fsp3) is 0.458. The number of ether oxygens (including phenoxy) is 3. The van der Waals surface area contributed by atoms with Crippen LogP contribution in [0.15, 0.2) is 45.6 Å². The number of esters is 1. The first-order valence-corrected chi connectivity index (χ1v) is 10.7. The number of fused-ring (bicyclic) bond motifs is 1. The van der Waals surface area contributed by atoms with Crippen LogP contribution in [0.3, 0.4) is 0 Å². The molecule has 0 unspecified atom stereocenters. The number of rotatable bonds is 12. The van der Waals surface area contributed by atoms with Crippen molar-refractivity contribution in [3.8, 4) is 11.5 Å². The molecule has 1 aromatic carbocycles. The second-order valence-electron chi connectivity index (χ2n) is 7.44. The minimum atomic E-state index is -0.896. The maximum atomic E-state index is 12.1. The fourth-order valence-corrected chi connectivity index (χ4v) is 2.93. The van der Waals surface area contributed by atoms with E-state index in [0.29, 0.717) is 5.39 Å². The van der Waals surface area contributed by atoms with Gasteiger partial charge in [-0.25, -0.2) is 14.4 Å². The van der Waals surface area contributed by atoms with E-state index in [-0.39, 0.29) is 29.3 Å². The molecule has 0 aliphatic rings. The molecule has 31 heavy (non-hydrogen) atoms. The molecule has 0 saturated heterocycles. The van der Waals surface area contributed by atoms with Gasteiger partial charge >= 0.3 is 17.8 Å². The molecule has 7 heteroatoms. The molecule has 1 aromatic heterocycles. The summed E-state index contributed by atoms with van der Waals surface area (Å²) in [4.78, 5) is 35.5. The van der Waals surface area contributed by atoms with Crippen molar-refractivity contribution in [1.29, 1.82) is 0 Å². The summed E-state index contributed by atoms with van der Waals surface area (Å²) < 4.78 is 20.7. The molecule has 168 valence electrons. The van der Waals surface area contributed by atoms with Gasteiger partial charge in [0.1, 0.15) is 5.58 Å². The lowest BCUT2D eigenvalue weighted by atomic mass is 10.1. The Labute approximate surface area is 182 Å². The molecule has 0 bridgehead atoms. The van der Waals surface area contributed by atoms with E-state index in [1.165, 1.54) is 63.3 Å². The van der Waals surface area contributed by atoms with Crippen LogP contribution in [-0.4, -0.2) is 18.7 Å². The Morgan fingerprint density at radius 2 is 1.58 bits per heavy atom. The van der Waals surface area contributed by atoms with E-state index in [4.69, 9.17) is 18.6 Å². The largest absolute Gasteiger partial charge is 0.513 e. The van der Waals surface area contributed by atoms with Gasteiger partial charge in [0.05, 0.1) is 6.61 Å². The molecule has 0 spiro atoms. The van der Waals surface area contributed by atoms with Crippen molar-refractivity contribution in [3.63, 3.8) is 0 Å². The molecule has 1 heterocycles.